The number of nitrogens with zero attached hydrogens (tertiary/aromatic N) is 2. The highest BCUT2D eigenvalue weighted by Gasteiger charge is 2.24. The molecule has 0 saturated heterocycles. The summed E-state index contributed by atoms with van der Waals surface area (Å²) >= 11 is 0. The first-order valence-electron chi connectivity index (χ1n) is 9.84. The normalized spacial score (nSPS) is 11.6. The summed E-state index contributed by atoms with van der Waals surface area (Å²) in [5.74, 6) is 0.862. The molecule has 0 unspecified atom stereocenters. The molecule has 0 aliphatic carbocycles. The second-order valence-electron chi connectivity index (χ2n) is 6.96. The largest absolute Gasteiger partial charge is 0.495 e. The number of hydrazone groups is 1. The van der Waals surface area contributed by atoms with Crippen molar-refractivity contribution in [2.45, 2.75) is 20.3 Å². The number of sulfonamides is 1. The summed E-state index contributed by atoms with van der Waals surface area (Å²) in [4.78, 5) is 12.6. The molecule has 1 amide bonds. The average molecular weight is 464 g/mol. The third-order valence-electron chi connectivity index (χ3n) is 4.66. The van der Waals surface area contributed by atoms with E-state index < -0.39 is 22.5 Å². The molecule has 10 heteroatoms. The number of nitrogens with one attached hydrogen (secondary N) is 1. The number of carbonyl (C=O) groups is 1. The van der Waals surface area contributed by atoms with Gasteiger partial charge in [0.2, 0.25) is 10.0 Å². The van der Waals surface area contributed by atoms with Gasteiger partial charge in [0, 0.05) is 5.56 Å². The Bertz CT molecular complexity index is 1100. The first kappa shape index (κ1) is 25.0. The minimum atomic E-state index is -3.76. The van der Waals surface area contributed by atoms with Crippen LogP contribution in [-0.2, 0) is 14.8 Å². The smallest absolute Gasteiger partial charge is 0.260 e. The first-order chi connectivity index (χ1) is 15.1. The molecule has 0 heterocycles. The molecule has 174 valence electrons. The van der Waals surface area contributed by atoms with Gasteiger partial charge in [0.25, 0.3) is 5.91 Å². The van der Waals surface area contributed by atoms with Gasteiger partial charge < -0.3 is 14.2 Å². The van der Waals surface area contributed by atoms with Crippen LogP contribution in [0, 0.1) is 6.92 Å². The molecule has 0 aliphatic rings. The summed E-state index contributed by atoms with van der Waals surface area (Å²) < 4.78 is 41.7. The van der Waals surface area contributed by atoms with Crippen LogP contribution in [0.1, 0.15) is 24.5 Å². The Labute approximate surface area is 189 Å². The third-order valence-corrected chi connectivity index (χ3v) is 5.78. The summed E-state index contributed by atoms with van der Waals surface area (Å²) in [6.45, 7) is 3.26. The van der Waals surface area contributed by atoms with Crippen molar-refractivity contribution in [2.24, 2.45) is 5.10 Å². The maximum Gasteiger partial charge on any atom is 0.260 e. The van der Waals surface area contributed by atoms with E-state index >= 15 is 0 Å². The van der Waals surface area contributed by atoms with E-state index in [9.17, 15) is 13.2 Å². The van der Waals surface area contributed by atoms with Gasteiger partial charge in [-0.1, -0.05) is 13.0 Å². The monoisotopic (exact) mass is 463 g/mol. The molecule has 0 spiro atoms. The van der Waals surface area contributed by atoms with Crippen LogP contribution in [0.15, 0.2) is 41.5 Å². The van der Waals surface area contributed by atoms with Gasteiger partial charge in [-0.25, -0.2) is 13.8 Å². The van der Waals surface area contributed by atoms with Crippen LogP contribution in [0.3, 0.4) is 0 Å². The van der Waals surface area contributed by atoms with Gasteiger partial charge in [-0.3, -0.25) is 9.10 Å². The Hall–Kier alpha value is -3.27. The zero-order valence-corrected chi connectivity index (χ0v) is 19.9. The minimum Gasteiger partial charge on any atom is -0.495 e. The van der Waals surface area contributed by atoms with Crippen LogP contribution >= 0.6 is 0 Å². The summed E-state index contributed by atoms with van der Waals surface area (Å²) in [6.07, 6.45) is 1.56. The maximum absolute atomic E-state index is 12.6. The third kappa shape index (κ3) is 6.13. The van der Waals surface area contributed by atoms with E-state index in [1.54, 1.807) is 43.5 Å². The molecule has 0 bridgehead atoms. The van der Waals surface area contributed by atoms with Gasteiger partial charge in [0.1, 0.15) is 12.3 Å². The van der Waals surface area contributed by atoms with E-state index in [1.165, 1.54) is 14.2 Å². The predicted octanol–water partition coefficient (Wildman–Crippen LogP) is 2.72. The molecular formula is C22H29N3O6S. The molecule has 2 rings (SSSR count). The van der Waals surface area contributed by atoms with Gasteiger partial charge in [0.15, 0.2) is 11.5 Å². The molecule has 0 atom stereocenters. The van der Waals surface area contributed by atoms with Crippen molar-refractivity contribution >= 4 is 27.3 Å². The SMILES string of the molecule is CC/C(=N/NC(=O)CN(c1cc(C)ccc1OC)S(C)(=O)=O)c1ccc(OC)c(OC)c1. The molecule has 0 radical (unpaired) electrons. The number of hydrogen-bond donors (Lipinski definition) is 1. The number of methoxy groups -OCH3 is 3. The first-order valence-corrected chi connectivity index (χ1v) is 11.7. The molecule has 2 aromatic carbocycles. The number of carbonyl (C=O) groups excluding carboxylic acids is 1. The highest BCUT2D eigenvalue weighted by molar-refractivity contribution is 7.92. The highest BCUT2D eigenvalue weighted by Crippen LogP contribution is 2.31. The van der Waals surface area contributed by atoms with Crippen LogP contribution in [0.2, 0.25) is 0 Å². The molecule has 0 aromatic heterocycles. The summed E-state index contributed by atoms with van der Waals surface area (Å²) in [7, 11) is 0.757. The van der Waals surface area contributed by atoms with Crippen molar-refractivity contribution in [3.8, 4) is 17.2 Å². The molecule has 1 N–H and O–H groups in total. The predicted molar refractivity (Wildman–Crippen MR) is 124 cm³/mol. The van der Waals surface area contributed by atoms with Crippen molar-refractivity contribution < 1.29 is 27.4 Å². The Morgan fingerprint density at radius 1 is 1.00 bits per heavy atom. The molecular weight excluding hydrogens is 434 g/mol. The molecule has 32 heavy (non-hydrogen) atoms. The lowest BCUT2D eigenvalue weighted by Gasteiger charge is -2.23. The summed E-state index contributed by atoms with van der Waals surface area (Å²) in [5, 5.41) is 4.20. The molecule has 9 nitrogen and oxygen atoms in total. The van der Waals surface area contributed by atoms with Crippen molar-refractivity contribution in [3.05, 3.63) is 47.5 Å². The topological polar surface area (TPSA) is 107 Å². The second-order valence-corrected chi connectivity index (χ2v) is 8.87. The average Bonchev–Trinajstić information content (AvgIpc) is 2.76. The zero-order valence-electron chi connectivity index (χ0n) is 19.1. The fraction of sp³-hybridized carbons (Fsp3) is 0.364. The van der Waals surface area contributed by atoms with E-state index in [0.717, 1.165) is 21.7 Å². The quantitative estimate of drug-likeness (QED) is 0.429. The lowest BCUT2D eigenvalue weighted by Crippen LogP contribution is -2.39. The number of ether oxygens (including phenoxy) is 3. The van der Waals surface area contributed by atoms with E-state index in [1.807, 2.05) is 13.8 Å². The molecule has 0 aliphatic heterocycles. The Balaban J connectivity index is 2.28. The number of hydrogen-bond acceptors (Lipinski definition) is 7. The summed E-state index contributed by atoms with van der Waals surface area (Å²) in [6, 6.07) is 10.4. The highest BCUT2D eigenvalue weighted by atomic mass is 32.2. The number of anilines is 1. The van der Waals surface area contributed by atoms with Gasteiger partial charge >= 0.3 is 0 Å². The Kier molecular flexibility index (Phi) is 8.48. The van der Waals surface area contributed by atoms with E-state index in [4.69, 9.17) is 14.2 Å². The zero-order chi connectivity index (χ0) is 23.9. The van der Waals surface area contributed by atoms with Gasteiger partial charge in [-0.2, -0.15) is 5.10 Å². The lowest BCUT2D eigenvalue weighted by molar-refractivity contribution is -0.119. The molecule has 2 aromatic rings. The fourth-order valence-corrected chi connectivity index (χ4v) is 3.89. The van der Waals surface area contributed by atoms with Gasteiger partial charge in [0.05, 0.1) is 39.0 Å². The van der Waals surface area contributed by atoms with Crippen molar-refractivity contribution in [2.75, 3.05) is 38.4 Å². The van der Waals surface area contributed by atoms with Crippen LogP contribution in [0.25, 0.3) is 0 Å². The van der Waals surface area contributed by atoms with Crippen LogP contribution < -0.4 is 23.9 Å². The Morgan fingerprint density at radius 3 is 2.19 bits per heavy atom. The number of amides is 1. The van der Waals surface area contributed by atoms with Crippen LogP contribution in [0.5, 0.6) is 17.2 Å². The number of benzene rings is 2. The second kappa shape index (κ2) is 10.9. The van der Waals surface area contributed by atoms with Crippen LogP contribution in [0.4, 0.5) is 5.69 Å². The number of rotatable bonds is 10. The number of aryl methyl sites for hydroxylation is 1. The Morgan fingerprint density at radius 2 is 1.62 bits per heavy atom. The summed E-state index contributed by atoms with van der Waals surface area (Å²) in [5.41, 5.74) is 4.90. The fourth-order valence-electron chi connectivity index (χ4n) is 3.04. The standard InChI is InChI=1S/C22H29N3O6S/c1-7-17(16-9-11-20(30-4)21(13-16)31-5)23-24-22(26)14-25(32(6,27)28)18-12-15(2)8-10-19(18)29-3/h8-13H,7,14H2,1-6H3,(H,24,26)/b23-17-. The minimum absolute atomic E-state index is 0.282. The maximum atomic E-state index is 12.6. The van der Waals surface area contributed by atoms with Crippen molar-refractivity contribution in [1.82, 2.24) is 5.43 Å². The van der Waals surface area contributed by atoms with Crippen molar-refractivity contribution in [3.63, 3.8) is 0 Å². The van der Waals surface area contributed by atoms with E-state index in [-0.39, 0.29) is 5.69 Å². The van der Waals surface area contributed by atoms with Gasteiger partial charge in [-0.15, -0.1) is 0 Å². The lowest BCUT2D eigenvalue weighted by atomic mass is 10.1. The van der Waals surface area contributed by atoms with Gasteiger partial charge in [-0.05, 0) is 49.2 Å². The van der Waals surface area contributed by atoms with E-state index in [2.05, 4.69) is 10.5 Å². The van der Waals surface area contributed by atoms with E-state index in [0.29, 0.717) is 29.4 Å². The molecule has 0 fully saturated rings. The van der Waals surface area contributed by atoms with Crippen molar-refractivity contribution in [1.29, 1.82) is 0 Å². The molecule has 0 saturated carbocycles. The van der Waals surface area contributed by atoms with Crippen LogP contribution in [-0.4, -0.2) is 54.2 Å².